The highest BCUT2D eigenvalue weighted by atomic mass is 28.3. The fourth-order valence-corrected chi connectivity index (χ4v) is 2.53. The lowest BCUT2D eigenvalue weighted by Crippen LogP contribution is -2.47. The van der Waals surface area contributed by atoms with Gasteiger partial charge in [-0.3, -0.25) is 0 Å². The second kappa shape index (κ2) is 13.0. The van der Waals surface area contributed by atoms with E-state index in [0.29, 0.717) is 13.2 Å². The predicted octanol–water partition coefficient (Wildman–Crippen LogP) is 2.98. The van der Waals surface area contributed by atoms with Gasteiger partial charge < -0.3 is 22.8 Å². The number of ether oxygens (including phenoxy) is 2. The largest absolute Gasteiger partial charge is 0.581 e. The minimum absolute atomic E-state index is 0. The molecule has 0 heterocycles. The Labute approximate surface area is 142 Å². The van der Waals surface area contributed by atoms with Crippen LogP contribution in [0.25, 0.3) is 0 Å². The fraction of sp³-hybridized carbons (Fsp3) is 1.00. The molecule has 2 atom stereocenters. The molecular formula is C14H31AlO5Si. The summed E-state index contributed by atoms with van der Waals surface area (Å²) in [6, 6.07) is 0. The van der Waals surface area contributed by atoms with Crippen molar-refractivity contribution >= 4 is 26.9 Å². The first-order chi connectivity index (χ1) is 9.40. The zero-order valence-electron chi connectivity index (χ0n) is 14.6. The Morgan fingerprint density at radius 3 is 1.52 bits per heavy atom. The summed E-state index contributed by atoms with van der Waals surface area (Å²) in [6.07, 6.45) is 1.84. The summed E-state index contributed by atoms with van der Waals surface area (Å²) in [6.45, 7) is 14.8. The fourth-order valence-electron chi connectivity index (χ4n) is 1.46. The average molecular weight is 334 g/mol. The predicted molar refractivity (Wildman–Crippen MR) is 85.9 cm³/mol. The molecule has 2 unspecified atom stereocenters. The summed E-state index contributed by atoms with van der Waals surface area (Å²) in [5.74, 6) is -1.14. The normalized spacial score (nSPS) is 17.1. The second-order valence-electron chi connectivity index (χ2n) is 4.75. The topological polar surface area (TPSA) is 46.2 Å². The minimum Gasteiger partial charge on any atom is -0.371 e. The molecule has 0 aromatic carbocycles. The van der Waals surface area contributed by atoms with Gasteiger partial charge in [-0.15, -0.1) is 0 Å². The molecule has 124 valence electrons. The van der Waals surface area contributed by atoms with E-state index in [1.165, 1.54) is 0 Å². The van der Waals surface area contributed by atoms with E-state index in [1.54, 1.807) is 6.92 Å². The highest BCUT2D eigenvalue weighted by molar-refractivity contribution is 6.36. The van der Waals surface area contributed by atoms with Crippen LogP contribution in [0.15, 0.2) is 0 Å². The van der Waals surface area contributed by atoms with Crippen LogP contribution in [-0.2, 0) is 22.8 Å². The quantitative estimate of drug-likeness (QED) is 0.405. The zero-order valence-corrected chi connectivity index (χ0v) is 16.8. The summed E-state index contributed by atoms with van der Waals surface area (Å²) in [5, 5.41) is 0. The van der Waals surface area contributed by atoms with Gasteiger partial charge in [-0.1, -0.05) is 13.8 Å². The second-order valence-corrected chi connectivity index (χ2v) is 6.04. The van der Waals surface area contributed by atoms with E-state index in [0.717, 1.165) is 12.8 Å². The summed E-state index contributed by atoms with van der Waals surface area (Å²) in [4.78, 5) is 0. The van der Waals surface area contributed by atoms with Crippen LogP contribution in [0.1, 0.15) is 61.3 Å². The van der Waals surface area contributed by atoms with Crippen molar-refractivity contribution in [2.45, 2.75) is 79.5 Å². The maximum absolute atomic E-state index is 5.90. The van der Waals surface area contributed by atoms with Gasteiger partial charge in [0.15, 0.2) is 0 Å². The average Bonchev–Trinajstić information content (AvgIpc) is 2.38. The van der Waals surface area contributed by atoms with Gasteiger partial charge in [-0.25, -0.2) is 0 Å². The molecule has 0 fully saturated rings. The Bertz CT molecular complexity index is 227. The van der Waals surface area contributed by atoms with E-state index >= 15 is 0 Å². The SMILES string of the molecule is CCO[Si](OCC)OC(C)(OC(C)CC)OC(C)CC.[Al]. The molecule has 0 saturated carbocycles. The van der Waals surface area contributed by atoms with Crippen LogP contribution in [0.3, 0.4) is 0 Å². The zero-order chi connectivity index (χ0) is 15.6. The number of rotatable bonds is 12. The molecule has 0 aliphatic carbocycles. The Morgan fingerprint density at radius 1 is 0.857 bits per heavy atom. The van der Waals surface area contributed by atoms with Crippen molar-refractivity contribution in [3.8, 4) is 0 Å². The standard InChI is InChI=1S/C14H31O5Si.Al/c1-8-12(5)17-14(7,18-13(6)9-2)19-20(15-10-3)16-11-4;/h12-13H,8-11H2,1-7H3;. The van der Waals surface area contributed by atoms with Gasteiger partial charge in [0.05, 0.1) is 12.2 Å². The van der Waals surface area contributed by atoms with Crippen molar-refractivity contribution in [3.05, 3.63) is 0 Å². The van der Waals surface area contributed by atoms with Gasteiger partial charge >= 0.3 is 9.53 Å². The van der Waals surface area contributed by atoms with Crippen molar-refractivity contribution in [2.75, 3.05) is 13.2 Å². The van der Waals surface area contributed by atoms with Crippen molar-refractivity contribution in [3.63, 3.8) is 0 Å². The molecule has 0 amide bonds. The molecule has 0 spiro atoms. The van der Waals surface area contributed by atoms with Crippen LogP contribution in [0.2, 0.25) is 0 Å². The molecule has 21 heavy (non-hydrogen) atoms. The Hall–Kier alpha value is 0.549. The molecule has 5 nitrogen and oxygen atoms in total. The molecule has 0 saturated heterocycles. The van der Waals surface area contributed by atoms with Crippen molar-refractivity contribution < 1.29 is 22.8 Å². The third-order valence-corrected chi connectivity index (χ3v) is 4.36. The summed E-state index contributed by atoms with van der Waals surface area (Å²) in [7, 11) is -1.86. The monoisotopic (exact) mass is 334 g/mol. The Kier molecular flexibility index (Phi) is 14.8. The summed E-state index contributed by atoms with van der Waals surface area (Å²) >= 11 is 0. The summed E-state index contributed by atoms with van der Waals surface area (Å²) < 4.78 is 28.7. The summed E-state index contributed by atoms with van der Waals surface area (Å²) in [5.41, 5.74) is 0. The lowest BCUT2D eigenvalue weighted by molar-refractivity contribution is -0.369. The Morgan fingerprint density at radius 2 is 1.24 bits per heavy atom. The molecule has 0 rings (SSSR count). The molecular weight excluding hydrogens is 303 g/mol. The van der Waals surface area contributed by atoms with Crippen LogP contribution < -0.4 is 0 Å². The van der Waals surface area contributed by atoms with Crippen LogP contribution in [0.4, 0.5) is 0 Å². The van der Waals surface area contributed by atoms with Gasteiger partial charge in [0.25, 0.3) is 5.97 Å². The van der Waals surface area contributed by atoms with Crippen LogP contribution in [0, 0.1) is 0 Å². The first kappa shape index (κ1) is 23.8. The highest BCUT2D eigenvalue weighted by Gasteiger charge is 2.37. The third kappa shape index (κ3) is 10.8. The highest BCUT2D eigenvalue weighted by Crippen LogP contribution is 2.23. The van der Waals surface area contributed by atoms with Gasteiger partial charge in [0, 0.05) is 37.5 Å². The molecule has 0 bridgehead atoms. The van der Waals surface area contributed by atoms with E-state index in [9.17, 15) is 0 Å². The van der Waals surface area contributed by atoms with E-state index < -0.39 is 15.5 Å². The van der Waals surface area contributed by atoms with Gasteiger partial charge in [0.2, 0.25) is 0 Å². The van der Waals surface area contributed by atoms with Gasteiger partial charge in [0.1, 0.15) is 0 Å². The minimum atomic E-state index is -1.86. The van der Waals surface area contributed by atoms with E-state index in [4.69, 9.17) is 22.8 Å². The molecule has 4 radical (unpaired) electrons. The number of hydrogen-bond acceptors (Lipinski definition) is 5. The molecule has 0 aromatic heterocycles. The Balaban J connectivity index is 0. The number of hydrogen-bond donors (Lipinski definition) is 0. The molecule has 0 aromatic rings. The lowest BCUT2D eigenvalue weighted by atomic mass is 10.3. The van der Waals surface area contributed by atoms with E-state index in [1.807, 2.05) is 27.7 Å². The lowest BCUT2D eigenvalue weighted by Gasteiger charge is -2.35. The van der Waals surface area contributed by atoms with Gasteiger partial charge in [-0.05, 0) is 40.5 Å². The van der Waals surface area contributed by atoms with Crippen molar-refractivity contribution in [2.24, 2.45) is 0 Å². The smallest absolute Gasteiger partial charge is 0.371 e. The molecule has 0 aliphatic heterocycles. The maximum atomic E-state index is 5.90. The van der Waals surface area contributed by atoms with E-state index in [2.05, 4.69) is 13.8 Å². The van der Waals surface area contributed by atoms with Gasteiger partial charge in [-0.2, -0.15) is 0 Å². The molecule has 0 N–H and O–H groups in total. The maximum Gasteiger partial charge on any atom is 0.581 e. The van der Waals surface area contributed by atoms with Crippen LogP contribution >= 0.6 is 0 Å². The first-order valence-corrected chi connectivity index (χ1v) is 8.80. The van der Waals surface area contributed by atoms with Crippen LogP contribution in [-0.4, -0.2) is 58.3 Å². The third-order valence-electron chi connectivity index (χ3n) is 2.77. The van der Waals surface area contributed by atoms with Crippen molar-refractivity contribution in [1.29, 1.82) is 0 Å². The molecule has 7 heteroatoms. The molecule has 0 aliphatic rings. The van der Waals surface area contributed by atoms with Crippen LogP contribution in [0.5, 0.6) is 0 Å². The first-order valence-electron chi connectivity index (χ1n) is 7.57. The van der Waals surface area contributed by atoms with E-state index in [-0.39, 0.29) is 29.6 Å². The van der Waals surface area contributed by atoms with Crippen molar-refractivity contribution in [1.82, 2.24) is 0 Å².